The number of rotatable bonds is 1. The first kappa shape index (κ1) is 17.0. The Balaban J connectivity index is 2.01. The zero-order chi connectivity index (χ0) is 17.3. The van der Waals surface area contributed by atoms with Crippen LogP contribution in [0.4, 0.5) is 0 Å². The molecule has 0 radical (unpaired) electrons. The summed E-state index contributed by atoms with van der Waals surface area (Å²) in [4.78, 5) is 24.5. The van der Waals surface area contributed by atoms with E-state index in [4.69, 9.17) is 4.74 Å². The Bertz CT molecular complexity index is 540. The fourth-order valence-electron chi connectivity index (χ4n) is 7.38. The van der Waals surface area contributed by atoms with E-state index in [1.165, 1.54) is 6.92 Å². The molecule has 23 heavy (non-hydrogen) atoms. The molecule has 4 rings (SSSR count). The predicted molar refractivity (Wildman–Crippen MR) is 89.9 cm³/mol. The van der Waals surface area contributed by atoms with E-state index in [1.807, 2.05) is 0 Å². The van der Waals surface area contributed by atoms with Crippen LogP contribution in [0.25, 0.3) is 0 Å². The predicted octanol–water partition coefficient (Wildman–Crippen LogP) is 4.53. The average Bonchev–Trinajstić information content (AvgIpc) is 2.17. The molecular formula is C20H32O3. The van der Waals surface area contributed by atoms with E-state index in [0.717, 1.165) is 38.5 Å². The van der Waals surface area contributed by atoms with Gasteiger partial charge in [0.1, 0.15) is 11.9 Å². The summed E-state index contributed by atoms with van der Waals surface area (Å²) in [6.07, 6.45) is 5.80. The van der Waals surface area contributed by atoms with Crippen molar-refractivity contribution in [3.8, 4) is 0 Å². The van der Waals surface area contributed by atoms with Crippen molar-refractivity contribution in [2.24, 2.45) is 27.6 Å². The molecule has 3 heteroatoms. The fourth-order valence-corrected chi connectivity index (χ4v) is 7.38. The summed E-state index contributed by atoms with van der Waals surface area (Å²) < 4.78 is 5.65. The zero-order valence-corrected chi connectivity index (χ0v) is 15.6. The molecule has 4 saturated carbocycles. The zero-order valence-electron chi connectivity index (χ0n) is 15.6. The minimum absolute atomic E-state index is 0.00764. The summed E-state index contributed by atoms with van der Waals surface area (Å²) in [5.74, 6) is 0.379. The van der Waals surface area contributed by atoms with Crippen LogP contribution in [0.5, 0.6) is 0 Å². The Morgan fingerprint density at radius 3 is 2.22 bits per heavy atom. The van der Waals surface area contributed by atoms with Crippen molar-refractivity contribution in [1.29, 1.82) is 0 Å². The van der Waals surface area contributed by atoms with Gasteiger partial charge in [-0.15, -0.1) is 0 Å². The van der Waals surface area contributed by atoms with Gasteiger partial charge in [0.25, 0.3) is 0 Å². The number of ketones is 1. The van der Waals surface area contributed by atoms with Gasteiger partial charge in [-0.1, -0.05) is 34.6 Å². The molecule has 130 valence electrons. The number of Topliss-reactive ketones (excluding diaryl/α,β-unsaturated/α-hetero) is 1. The Hall–Kier alpha value is -0.860. The van der Waals surface area contributed by atoms with Gasteiger partial charge in [-0.25, -0.2) is 0 Å². The van der Waals surface area contributed by atoms with Crippen molar-refractivity contribution in [2.45, 2.75) is 86.2 Å². The molecule has 0 aromatic rings. The van der Waals surface area contributed by atoms with Crippen LogP contribution in [-0.2, 0) is 14.3 Å². The first-order valence-electron chi connectivity index (χ1n) is 9.07. The van der Waals surface area contributed by atoms with E-state index in [-0.39, 0.29) is 39.7 Å². The van der Waals surface area contributed by atoms with Crippen molar-refractivity contribution in [2.75, 3.05) is 0 Å². The first-order chi connectivity index (χ1) is 10.4. The highest BCUT2D eigenvalue weighted by molar-refractivity contribution is 5.85. The molecular weight excluding hydrogens is 288 g/mol. The van der Waals surface area contributed by atoms with Crippen molar-refractivity contribution in [3.05, 3.63) is 0 Å². The molecule has 0 saturated heterocycles. The van der Waals surface area contributed by atoms with Crippen LogP contribution in [0.2, 0.25) is 0 Å². The smallest absolute Gasteiger partial charge is 0.302 e. The van der Waals surface area contributed by atoms with Crippen LogP contribution in [-0.4, -0.2) is 17.9 Å². The Kier molecular flexibility index (Phi) is 3.56. The minimum atomic E-state index is -0.194. The quantitative estimate of drug-likeness (QED) is 0.667. The van der Waals surface area contributed by atoms with Gasteiger partial charge < -0.3 is 4.74 Å². The number of carbonyl (C=O) groups is 2. The summed E-state index contributed by atoms with van der Waals surface area (Å²) in [7, 11) is 0. The molecule has 3 nitrogen and oxygen atoms in total. The monoisotopic (exact) mass is 320 g/mol. The maximum Gasteiger partial charge on any atom is 0.302 e. The Labute approximate surface area is 140 Å². The second-order valence-corrected chi connectivity index (χ2v) is 10.6. The third-order valence-corrected chi connectivity index (χ3v) is 6.56. The van der Waals surface area contributed by atoms with Crippen LogP contribution in [0.3, 0.4) is 0 Å². The first-order valence-corrected chi connectivity index (χ1v) is 9.07. The van der Waals surface area contributed by atoms with Gasteiger partial charge in [0, 0.05) is 19.3 Å². The van der Waals surface area contributed by atoms with Crippen molar-refractivity contribution in [1.82, 2.24) is 0 Å². The SMILES string of the molecule is CC(=O)O[C@@H]1CC(C)(C)CC2(C1)C[C@]1(C)CC(=O)[C@H]2C(C)(C)C1. The molecule has 0 N–H and O–H groups in total. The number of fused-ring (bicyclic) bond motifs is 2. The molecule has 4 atom stereocenters. The maximum atomic E-state index is 13.0. The van der Waals surface area contributed by atoms with Crippen LogP contribution in [0, 0.1) is 27.6 Å². The van der Waals surface area contributed by atoms with Gasteiger partial charge >= 0.3 is 5.97 Å². The van der Waals surface area contributed by atoms with Crippen molar-refractivity contribution >= 4 is 11.8 Å². The standard InChI is InChI=1S/C20H32O3/c1-13(21)23-14-7-17(2,3)10-20(8-14)12-19(6)9-15(22)16(20)18(4,5)11-19/h14,16H,7-12H2,1-6H3/t14-,16+,19-,20?/m1/s1. The third-order valence-electron chi connectivity index (χ3n) is 6.56. The number of hydrogen-bond donors (Lipinski definition) is 0. The van der Waals surface area contributed by atoms with E-state index in [1.54, 1.807) is 0 Å². The van der Waals surface area contributed by atoms with Gasteiger partial charge in [0.05, 0.1) is 0 Å². The molecule has 1 unspecified atom stereocenters. The molecule has 0 aliphatic heterocycles. The molecule has 4 fully saturated rings. The molecule has 4 aliphatic carbocycles. The molecule has 0 aromatic heterocycles. The summed E-state index contributed by atoms with van der Waals surface area (Å²) >= 11 is 0. The summed E-state index contributed by atoms with van der Waals surface area (Å²) in [5, 5.41) is 0. The number of carbonyl (C=O) groups excluding carboxylic acids is 2. The summed E-state index contributed by atoms with van der Waals surface area (Å²) in [6.45, 7) is 12.9. The molecule has 0 aromatic carbocycles. The third kappa shape index (κ3) is 2.85. The largest absolute Gasteiger partial charge is 0.463 e. The fraction of sp³-hybridized carbons (Fsp3) is 0.900. The van der Waals surface area contributed by atoms with Crippen molar-refractivity contribution < 1.29 is 14.3 Å². The number of hydrogen-bond acceptors (Lipinski definition) is 3. The van der Waals surface area contributed by atoms with Gasteiger partial charge in [0.15, 0.2) is 0 Å². The molecule has 1 spiro atoms. The average molecular weight is 320 g/mol. The van der Waals surface area contributed by atoms with E-state index >= 15 is 0 Å². The van der Waals surface area contributed by atoms with Gasteiger partial charge in [-0.2, -0.15) is 0 Å². The van der Waals surface area contributed by atoms with Crippen LogP contribution < -0.4 is 0 Å². The number of ether oxygens (including phenoxy) is 1. The highest BCUT2D eigenvalue weighted by Gasteiger charge is 2.65. The van der Waals surface area contributed by atoms with Gasteiger partial charge in [0.2, 0.25) is 0 Å². The van der Waals surface area contributed by atoms with Gasteiger partial charge in [-0.05, 0) is 53.8 Å². The second-order valence-electron chi connectivity index (χ2n) is 10.6. The lowest BCUT2D eigenvalue weighted by atomic mass is 9.38. The molecule has 2 bridgehead atoms. The number of esters is 1. The summed E-state index contributed by atoms with van der Waals surface area (Å²) in [5.41, 5.74) is 0.288. The lowest BCUT2D eigenvalue weighted by Gasteiger charge is -2.65. The molecule has 4 aliphatic rings. The highest BCUT2D eigenvalue weighted by atomic mass is 16.5. The minimum Gasteiger partial charge on any atom is -0.463 e. The van der Waals surface area contributed by atoms with Gasteiger partial charge in [-0.3, -0.25) is 9.59 Å². The van der Waals surface area contributed by atoms with E-state index < -0.39 is 0 Å². The van der Waals surface area contributed by atoms with Crippen molar-refractivity contribution in [3.63, 3.8) is 0 Å². The molecule has 0 amide bonds. The van der Waals surface area contributed by atoms with E-state index in [9.17, 15) is 9.59 Å². The topological polar surface area (TPSA) is 43.4 Å². The van der Waals surface area contributed by atoms with Crippen LogP contribution >= 0.6 is 0 Å². The maximum absolute atomic E-state index is 13.0. The highest BCUT2D eigenvalue weighted by Crippen LogP contribution is 2.69. The summed E-state index contributed by atoms with van der Waals surface area (Å²) in [6, 6.07) is 0. The van der Waals surface area contributed by atoms with Crippen LogP contribution in [0.1, 0.15) is 80.1 Å². The van der Waals surface area contributed by atoms with E-state index in [2.05, 4.69) is 34.6 Å². The Morgan fingerprint density at radius 1 is 1.04 bits per heavy atom. The lowest BCUT2D eigenvalue weighted by molar-refractivity contribution is -0.192. The second kappa shape index (κ2) is 4.83. The molecule has 0 heterocycles. The lowest BCUT2D eigenvalue weighted by Crippen LogP contribution is -2.62. The van der Waals surface area contributed by atoms with Crippen LogP contribution in [0.15, 0.2) is 0 Å². The van der Waals surface area contributed by atoms with E-state index in [0.29, 0.717) is 5.78 Å². The normalized spacial score (nSPS) is 44.3. The Morgan fingerprint density at radius 2 is 1.70 bits per heavy atom.